The molecule has 6 nitrogen and oxygen atoms in total. The molecule has 9 rings (SSSR count). The first-order valence-corrected chi connectivity index (χ1v) is 16.7. The van der Waals surface area contributed by atoms with E-state index in [9.17, 15) is 10.2 Å². The Morgan fingerprint density at radius 3 is 1.06 bits per heavy atom. The van der Waals surface area contributed by atoms with Gasteiger partial charge in [0.05, 0.1) is 45.6 Å². The van der Waals surface area contributed by atoms with E-state index in [2.05, 4.69) is 12.1 Å². The number of benzene rings is 4. The maximum absolute atomic E-state index is 13.6. The summed E-state index contributed by atoms with van der Waals surface area (Å²) < 4.78 is 0. The van der Waals surface area contributed by atoms with Crippen LogP contribution in [0.1, 0.15) is 27.8 Å². The SMILES string of the molecule is Cc1ccc(C2=C3C=CC(=N3)C(c3ccccc3)=C3C=CC(=N3)C(c3ccccc3)=C3C=CC(=N3)C(c3ccccc3)=C3C=CC2=N3)c([O-])c1[O-].[Zn+2]. The van der Waals surface area contributed by atoms with E-state index < -0.39 is 11.5 Å². The quantitative estimate of drug-likeness (QED) is 0.199. The second kappa shape index (κ2) is 13.4. The summed E-state index contributed by atoms with van der Waals surface area (Å²) in [4.78, 5) is 20.8. The molecule has 0 atom stereocenters. The predicted octanol–water partition coefficient (Wildman–Crippen LogP) is 8.14. The summed E-state index contributed by atoms with van der Waals surface area (Å²) in [6.45, 7) is 1.65. The number of nitrogens with zero attached hydrogens (tertiary/aromatic N) is 4. The maximum Gasteiger partial charge on any atom is 2.00 e. The van der Waals surface area contributed by atoms with Gasteiger partial charge in [-0.1, -0.05) is 109 Å². The first-order chi connectivity index (χ1) is 25.0. The summed E-state index contributed by atoms with van der Waals surface area (Å²) in [6, 6.07) is 33.7. The molecule has 0 aliphatic carbocycles. The van der Waals surface area contributed by atoms with E-state index in [1.165, 1.54) is 0 Å². The number of hydrogen-bond donors (Lipinski definition) is 0. The Hall–Kier alpha value is -6.30. The van der Waals surface area contributed by atoms with E-state index in [-0.39, 0.29) is 25.0 Å². The molecule has 0 saturated carbocycles. The molecule has 0 unspecified atom stereocenters. The molecule has 7 heteroatoms. The largest absolute Gasteiger partial charge is 2.00 e. The molecule has 0 fully saturated rings. The molecule has 0 aromatic heterocycles. The van der Waals surface area contributed by atoms with Crippen molar-refractivity contribution in [3.63, 3.8) is 0 Å². The van der Waals surface area contributed by atoms with Gasteiger partial charge in [-0.2, -0.15) is 0 Å². The van der Waals surface area contributed by atoms with Crippen LogP contribution in [0.2, 0.25) is 0 Å². The minimum absolute atomic E-state index is 0. The zero-order valence-corrected chi connectivity index (χ0v) is 31.2. The molecular weight excluding hydrogens is 694 g/mol. The Kier molecular flexibility index (Phi) is 8.50. The Bertz CT molecular complexity index is 2520. The molecule has 4 aromatic carbocycles. The van der Waals surface area contributed by atoms with Gasteiger partial charge in [-0.05, 0) is 77.8 Å². The minimum atomic E-state index is -0.582. The van der Waals surface area contributed by atoms with E-state index in [0.717, 1.165) is 56.2 Å². The third-order valence-electron chi connectivity index (χ3n) is 9.37. The molecule has 0 spiro atoms. The molecule has 8 bridgehead atoms. The topological polar surface area (TPSA) is 95.6 Å². The fourth-order valence-corrected chi connectivity index (χ4v) is 6.92. The van der Waals surface area contributed by atoms with Gasteiger partial charge in [0.1, 0.15) is 0 Å². The predicted molar refractivity (Wildman–Crippen MR) is 203 cm³/mol. The molecule has 4 aromatic rings. The van der Waals surface area contributed by atoms with Crippen LogP contribution in [-0.4, -0.2) is 22.8 Å². The van der Waals surface area contributed by atoms with Crippen LogP contribution >= 0.6 is 0 Å². The van der Waals surface area contributed by atoms with Gasteiger partial charge in [0.15, 0.2) is 0 Å². The van der Waals surface area contributed by atoms with Crippen LogP contribution in [0, 0.1) is 6.92 Å². The van der Waals surface area contributed by atoms with E-state index in [1.54, 1.807) is 19.1 Å². The van der Waals surface area contributed by atoms with Gasteiger partial charge >= 0.3 is 19.5 Å². The molecule has 52 heavy (non-hydrogen) atoms. The molecule has 0 N–H and O–H groups in total. The Labute approximate surface area is 314 Å². The monoisotopic (exact) mass is 720 g/mol. The van der Waals surface area contributed by atoms with Crippen molar-refractivity contribution in [2.24, 2.45) is 20.0 Å². The first-order valence-electron chi connectivity index (χ1n) is 16.7. The van der Waals surface area contributed by atoms with E-state index >= 15 is 0 Å². The van der Waals surface area contributed by atoms with Crippen molar-refractivity contribution in [3.8, 4) is 11.5 Å². The number of aliphatic imine (C=N–C) groups is 4. The van der Waals surface area contributed by atoms with Crippen molar-refractivity contribution < 1.29 is 29.7 Å². The van der Waals surface area contributed by atoms with Gasteiger partial charge in [0.25, 0.3) is 0 Å². The third kappa shape index (κ3) is 5.66. The summed E-state index contributed by atoms with van der Waals surface area (Å²) in [5.74, 6) is -1.12. The second-order valence-corrected chi connectivity index (χ2v) is 12.5. The van der Waals surface area contributed by atoms with Crippen molar-refractivity contribution in [2.45, 2.75) is 6.92 Å². The maximum atomic E-state index is 13.6. The normalized spacial score (nSPS) is 17.2. The van der Waals surface area contributed by atoms with Crippen molar-refractivity contribution in [1.29, 1.82) is 0 Å². The van der Waals surface area contributed by atoms with Gasteiger partial charge in [0.2, 0.25) is 0 Å². The summed E-state index contributed by atoms with van der Waals surface area (Å²) in [6.07, 6.45) is 15.8. The zero-order chi connectivity index (χ0) is 34.5. The zero-order valence-electron chi connectivity index (χ0n) is 28.2. The smallest absolute Gasteiger partial charge is 0.873 e. The Morgan fingerprint density at radius 1 is 0.365 bits per heavy atom. The molecular formula is C45H28N4O2Zn. The third-order valence-corrected chi connectivity index (χ3v) is 9.37. The van der Waals surface area contributed by atoms with Crippen molar-refractivity contribution in [3.05, 3.63) is 202 Å². The Balaban J connectivity index is 0.00000387. The number of rotatable bonds is 4. The van der Waals surface area contributed by atoms with Crippen LogP contribution in [0.3, 0.4) is 0 Å². The molecule has 242 valence electrons. The summed E-state index contributed by atoms with van der Waals surface area (Å²) in [5.41, 5.74) is 12.2. The van der Waals surface area contributed by atoms with Crippen molar-refractivity contribution in [1.82, 2.24) is 0 Å². The Morgan fingerprint density at radius 2 is 0.692 bits per heavy atom. The summed E-state index contributed by atoms with van der Waals surface area (Å²) >= 11 is 0. The average Bonchev–Trinajstić information content (AvgIpc) is 4.01. The molecule has 5 heterocycles. The van der Waals surface area contributed by atoms with Gasteiger partial charge in [-0.25, -0.2) is 20.0 Å². The molecule has 0 radical (unpaired) electrons. The number of allylic oxidation sites excluding steroid dienone is 12. The van der Waals surface area contributed by atoms with Crippen LogP contribution in [0.4, 0.5) is 0 Å². The summed E-state index contributed by atoms with van der Waals surface area (Å²) in [5, 5.41) is 26.7. The number of hydrogen-bond acceptors (Lipinski definition) is 6. The van der Waals surface area contributed by atoms with Crippen LogP contribution in [0.5, 0.6) is 11.5 Å². The number of aryl methyl sites for hydroxylation is 1. The minimum Gasteiger partial charge on any atom is -0.873 e. The average molecular weight is 722 g/mol. The van der Waals surface area contributed by atoms with Crippen LogP contribution in [0.25, 0.3) is 22.3 Å². The molecule has 5 aliphatic heterocycles. The van der Waals surface area contributed by atoms with Crippen LogP contribution in [0.15, 0.2) is 194 Å². The van der Waals surface area contributed by atoms with E-state index in [0.29, 0.717) is 34.0 Å². The molecule has 0 amide bonds. The standard InChI is InChI=1S/C45H30N4O2.Zn/c1-27-17-18-31(45(51)44(27)50)43-38-25-23-36(48-38)41(29-13-7-3-8-14-29)34-21-19-32(46-34)40(28-11-5-2-6-12-28)33-20-22-35(47-33)42(30-15-9-4-10-16-30)37-24-26-39(43)49-37;/h2-26,50-51H,1H3;/q;+2/p-2. The molecule has 5 aliphatic rings. The van der Waals surface area contributed by atoms with E-state index in [1.807, 2.05) is 127 Å². The number of fused-ring (bicyclic) bond motifs is 4. The fraction of sp³-hybridized carbons (Fsp3) is 0.0222. The molecule has 0 saturated heterocycles. The van der Waals surface area contributed by atoms with Crippen LogP contribution in [-0.2, 0) is 19.5 Å². The van der Waals surface area contributed by atoms with Gasteiger partial charge in [-0.15, -0.1) is 11.5 Å². The van der Waals surface area contributed by atoms with Gasteiger partial charge in [0, 0.05) is 22.3 Å². The van der Waals surface area contributed by atoms with Gasteiger partial charge in [-0.3, -0.25) is 0 Å². The van der Waals surface area contributed by atoms with Crippen molar-refractivity contribution in [2.75, 3.05) is 0 Å². The fourth-order valence-electron chi connectivity index (χ4n) is 6.92. The summed E-state index contributed by atoms with van der Waals surface area (Å²) in [7, 11) is 0. The van der Waals surface area contributed by atoms with Gasteiger partial charge < -0.3 is 10.2 Å². The van der Waals surface area contributed by atoms with Crippen LogP contribution < -0.4 is 10.2 Å². The van der Waals surface area contributed by atoms with E-state index in [4.69, 9.17) is 20.0 Å². The second-order valence-electron chi connectivity index (χ2n) is 12.5. The van der Waals surface area contributed by atoms with Crippen molar-refractivity contribution >= 4 is 45.1 Å². The first kappa shape index (κ1) is 32.9.